The molecule has 0 aliphatic heterocycles. The van der Waals surface area contributed by atoms with Gasteiger partial charge in [0.15, 0.2) is 5.78 Å². The maximum Gasteiger partial charge on any atom is 0.335 e. The van der Waals surface area contributed by atoms with Gasteiger partial charge in [0.2, 0.25) is 0 Å². The third-order valence-electron chi connectivity index (χ3n) is 4.88. The van der Waals surface area contributed by atoms with E-state index in [1.807, 2.05) is 60.0 Å². The van der Waals surface area contributed by atoms with Crippen molar-refractivity contribution in [1.82, 2.24) is 9.55 Å². The van der Waals surface area contributed by atoms with E-state index < -0.39 is 5.97 Å². The number of carbonyl (C=O) groups is 2. The van der Waals surface area contributed by atoms with Crippen LogP contribution in [0.15, 0.2) is 72.8 Å². The molecule has 0 unspecified atom stereocenters. The number of ether oxygens (including phenoxy) is 1. The van der Waals surface area contributed by atoms with Crippen LogP contribution < -0.4 is 4.74 Å². The smallest absolute Gasteiger partial charge is 0.335 e. The van der Waals surface area contributed by atoms with Crippen molar-refractivity contribution in [2.75, 3.05) is 0 Å². The highest BCUT2D eigenvalue weighted by Gasteiger charge is 2.15. The molecule has 3 aromatic carbocycles. The first-order valence-electron chi connectivity index (χ1n) is 9.51. The van der Waals surface area contributed by atoms with E-state index in [0.717, 1.165) is 16.6 Å². The average molecular weight is 400 g/mol. The zero-order chi connectivity index (χ0) is 21.1. The van der Waals surface area contributed by atoms with Crippen molar-refractivity contribution in [2.45, 2.75) is 20.1 Å². The summed E-state index contributed by atoms with van der Waals surface area (Å²) in [4.78, 5) is 28.5. The number of Topliss-reactive ketones (excluding diaryl/α,β-unsaturated/α-hetero) is 1. The molecule has 0 bridgehead atoms. The molecule has 6 nitrogen and oxygen atoms in total. The van der Waals surface area contributed by atoms with Crippen molar-refractivity contribution >= 4 is 22.8 Å². The van der Waals surface area contributed by atoms with E-state index in [2.05, 4.69) is 4.98 Å². The summed E-state index contributed by atoms with van der Waals surface area (Å²) in [7, 11) is 0. The molecule has 0 fully saturated rings. The van der Waals surface area contributed by atoms with Crippen LogP contribution in [-0.2, 0) is 13.2 Å². The summed E-state index contributed by atoms with van der Waals surface area (Å²) in [6.45, 7) is 2.29. The highest BCUT2D eigenvalue weighted by molar-refractivity contribution is 5.96. The molecular weight excluding hydrogens is 380 g/mol. The van der Waals surface area contributed by atoms with Crippen LogP contribution in [0.25, 0.3) is 11.0 Å². The lowest BCUT2D eigenvalue weighted by atomic mass is 10.1. The van der Waals surface area contributed by atoms with Gasteiger partial charge in [0, 0.05) is 5.56 Å². The molecule has 0 aliphatic carbocycles. The van der Waals surface area contributed by atoms with Gasteiger partial charge in [0.05, 0.1) is 23.1 Å². The number of hydrogen-bond donors (Lipinski definition) is 1. The lowest BCUT2D eigenvalue weighted by Crippen LogP contribution is -2.14. The number of benzene rings is 3. The maximum atomic E-state index is 12.8. The summed E-state index contributed by atoms with van der Waals surface area (Å²) < 4.78 is 7.68. The van der Waals surface area contributed by atoms with E-state index >= 15 is 0 Å². The molecule has 0 aliphatic rings. The standard InChI is InChI=1S/C24H20N2O4/c1-16-6-8-17(9-7-16)22(27)14-26-21-5-3-2-4-20(21)25-23(26)15-30-19-12-10-18(11-13-19)24(28)29/h2-13H,14-15H2,1H3,(H,28,29). The maximum absolute atomic E-state index is 12.8. The molecule has 30 heavy (non-hydrogen) atoms. The van der Waals surface area contributed by atoms with Crippen molar-refractivity contribution in [1.29, 1.82) is 0 Å². The van der Waals surface area contributed by atoms with Gasteiger partial charge in [0.1, 0.15) is 18.2 Å². The third-order valence-corrected chi connectivity index (χ3v) is 4.88. The van der Waals surface area contributed by atoms with Crippen LogP contribution in [0.2, 0.25) is 0 Å². The molecule has 4 rings (SSSR count). The van der Waals surface area contributed by atoms with E-state index in [1.165, 1.54) is 12.1 Å². The molecule has 0 radical (unpaired) electrons. The van der Waals surface area contributed by atoms with Crippen molar-refractivity contribution in [3.63, 3.8) is 0 Å². The Morgan fingerprint density at radius 3 is 2.30 bits per heavy atom. The van der Waals surface area contributed by atoms with Gasteiger partial charge in [-0.05, 0) is 43.3 Å². The van der Waals surface area contributed by atoms with Gasteiger partial charge in [-0.2, -0.15) is 0 Å². The molecule has 150 valence electrons. The predicted molar refractivity (Wildman–Crippen MR) is 113 cm³/mol. The number of aryl methyl sites for hydroxylation is 1. The van der Waals surface area contributed by atoms with Gasteiger partial charge < -0.3 is 14.4 Å². The van der Waals surface area contributed by atoms with Gasteiger partial charge in [-0.15, -0.1) is 0 Å². The predicted octanol–water partition coefficient (Wildman–Crippen LogP) is 4.50. The summed E-state index contributed by atoms with van der Waals surface area (Å²) in [5.74, 6) is 0.158. The number of hydrogen-bond acceptors (Lipinski definition) is 4. The Bertz CT molecular complexity index is 1210. The van der Waals surface area contributed by atoms with Crippen LogP contribution in [0.1, 0.15) is 32.1 Å². The zero-order valence-electron chi connectivity index (χ0n) is 16.4. The molecule has 1 aromatic heterocycles. The molecule has 6 heteroatoms. The fraction of sp³-hybridized carbons (Fsp3) is 0.125. The molecule has 0 saturated heterocycles. The molecule has 0 saturated carbocycles. The number of imidazole rings is 1. The van der Waals surface area contributed by atoms with Crippen LogP contribution in [0, 0.1) is 6.92 Å². The number of nitrogens with zero attached hydrogens (tertiary/aromatic N) is 2. The van der Waals surface area contributed by atoms with Crippen LogP contribution in [0.5, 0.6) is 5.75 Å². The first-order valence-corrected chi connectivity index (χ1v) is 9.51. The number of aromatic nitrogens is 2. The molecule has 1 N–H and O–H groups in total. The Hall–Kier alpha value is -3.93. The zero-order valence-corrected chi connectivity index (χ0v) is 16.4. The molecule has 1 heterocycles. The Kier molecular flexibility index (Phi) is 5.30. The van der Waals surface area contributed by atoms with Crippen LogP contribution in [-0.4, -0.2) is 26.4 Å². The summed E-state index contributed by atoms with van der Waals surface area (Å²) in [5, 5.41) is 9.01. The minimum absolute atomic E-state index is 0.00906. The van der Waals surface area contributed by atoms with E-state index in [-0.39, 0.29) is 24.5 Å². The van der Waals surface area contributed by atoms with E-state index in [9.17, 15) is 9.59 Å². The van der Waals surface area contributed by atoms with Crippen LogP contribution >= 0.6 is 0 Å². The lowest BCUT2D eigenvalue weighted by molar-refractivity contribution is 0.0696. The highest BCUT2D eigenvalue weighted by Crippen LogP contribution is 2.20. The van der Waals surface area contributed by atoms with Gasteiger partial charge >= 0.3 is 5.97 Å². The number of para-hydroxylation sites is 2. The summed E-state index contributed by atoms with van der Waals surface area (Å²) >= 11 is 0. The topological polar surface area (TPSA) is 81.4 Å². The normalized spacial score (nSPS) is 10.8. The molecule has 0 atom stereocenters. The number of carboxylic acids is 1. The number of rotatable bonds is 7. The number of ketones is 1. The SMILES string of the molecule is Cc1ccc(C(=O)Cn2c(COc3ccc(C(=O)O)cc3)nc3ccccc32)cc1. The summed E-state index contributed by atoms with van der Waals surface area (Å²) in [6, 6.07) is 21.3. The van der Waals surface area contributed by atoms with Crippen LogP contribution in [0.3, 0.4) is 0 Å². The quantitative estimate of drug-likeness (QED) is 0.462. The molecule has 0 spiro atoms. The average Bonchev–Trinajstić information content (AvgIpc) is 3.10. The number of carbonyl (C=O) groups excluding carboxylic acids is 1. The minimum atomic E-state index is -0.988. The highest BCUT2D eigenvalue weighted by atomic mass is 16.5. The molecule has 0 amide bonds. The van der Waals surface area contributed by atoms with Gasteiger partial charge in [-0.1, -0.05) is 42.0 Å². The number of aromatic carboxylic acids is 1. The minimum Gasteiger partial charge on any atom is -0.486 e. The Labute approximate surface area is 173 Å². The first-order chi connectivity index (χ1) is 14.5. The second kappa shape index (κ2) is 8.21. The van der Waals surface area contributed by atoms with Crippen molar-refractivity contribution < 1.29 is 19.4 Å². The second-order valence-electron chi connectivity index (χ2n) is 7.01. The second-order valence-corrected chi connectivity index (χ2v) is 7.01. The van der Waals surface area contributed by atoms with Crippen molar-refractivity contribution in [3.05, 3.63) is 95.3 Å². The van der Waals surface area contributed by atoms with Gasteiger partial charge in [-0.3, -0.25) is 4.79 Å². The van der Waals surface area contributed by atoms with E-state index in [1.54, 1.807) is 12.1 Å². The summed E-state index contributed by atoms with van der Waals surface area (Å²) in [6.07, 6.45) is 0. The fourth-order valence-electron chi connectivity index (χ4n) is 3.23. The summed E-state index contributed by atoms with van der Waals surface area (Å²) in [5.41, 5.74) is 3.59. The number of carboxylic acid groups (broad SMARTS) is 1. The van der Waals surface area contributed by atoms with E-state index in [4.69, 9.17) is 9.84 Å². The Morgan fingerprint density at radius 1 is 0.933 bits per heavy atom. The lowest BCUT2D eigenvalue weighted by Gasteiger charge is -2.10. The van der Waals surface area contributed by atoms with Crippen LogP contribution in [0.4, 0.5) is 0 Å². The third kappa shape index (κ3) is 4.07. The number of fused-ring (bicyclic) bond motifs is 1. The fourth-order valence-corrected chi connectivity index (χ4v) is 3.23. The molecular formula is C24H20N2O4. The van der Waals surface area contributed by atoms with Gasteiger partial charge in [-0.25, -0.2) is 9.78 Å². The Balaban J connectivity index is 1.59. The first kappa shape index (κ1) is 19.4. The van der Waals surface area contributed by atoms with Crippen molar-refractivity contribution in [2.24, 2.45) is 0 Å². The van der Waals surface area contributed by atoms with Gasteiger partial charge in [0.25, 0.3) is 0 Å². The van der Waals surface area contributed by atoms with E-state index in [0.29, 0.717) is 17.1 Å². The molecule has 4 aromatic rings. The van der Waals surface area contributed by atoms with Crippen molar-refractivity contribution in [3.8, 4) is 5.75 Å². The monoisotopic (exact) mass is 400 g/mol. The largest absolute Gasteiger partial charge is 0.486 e. The Morgan fingerprint density at radius 2 is 1.60 bits per heavy atom.